The lowest BCUT2D eigenvalue weighted by Crippen LogP contribution is -2.31. The molecular weight excluding hydrogens is 168 g/mol. The summed E-state index contributed by atoms with van der Waals surface area (Å²) in [4.78, 5) is 0. The van der Waals surface area contributed by atoms with Crippen LogP contribution in [0.25, 0.3) is 0 Å². The molecule has 68 valence electrons. The van der Waals surface area contributed by atoms with Crippen molar-refractivity contribution in [3.05, 3.63) is 0 Å². The molecule has 0 fully saturated rings. The first-order valence-electron chi connectivity index (χ1n) is 4.73. The maximum atomic E-state index is 2.39. The maximum absolute atomic E-state index is 2.39. The van der Waals surface area contributed by atoms with Gasteiger partial charge in [0.05, 0.1) is 8.07 Å². The maximum Gasteiger partial charge on any atom is 0.0535 e. The van der Waals surface area contributed by atoms with E-state index in [1.54, 1.807) is 0 Å². The van der Waals surface area contributed by atoms with Crippen LogP contribution in [-0.2, 0) is 0 Å². The van der Waals surface area contributed by atoms with Crippen molar-refractivity contribution in [1.29, 1.82) is 0 Å². The molecule has 0 heterocycles. The molecule has 0 amide bonds. The first-order chi connectivity index (χ1) is 5.24. The van der Waals surface area contributed by atoms with Gasteiger partial charge in [0.15, 0.2) is 0 Å². The number of thioether (sulfide) groups is 1. The van der Waals surface area contributed by atoms with Crippen molar-refractivity contribution < 1.29 is 0 Å². The van der Waals surface area contributed by atoms with Gasteiger partial charge in [0.25, 0.3) is 0 Å². The third-order valence-electron chi connectivity index (χ3n) is 3.09. The molecule has 0 aromatic heterocycles. The minimum atomic E-state index is -0.759. The van der Waals surface area contributed by atoms with E-state index in [-0.39, 0.29) is 0 Å². The van der Waals surface area contributed by atoms with E-state index in [9.17, 15) is 0 Å². The van der Waals surface area contributed by atoms with Gasteiger partial charge < -0.3 is 0 Å². The van der Waals surface area contributed by atoms with E-state index < -0.39 is 8.07 Å². The van der Waals surface area contributed by atoms with Crippen LogP contribution in [0.15, 0.2) is 0 Å². The molecule has 0 aliphatic heterocycles. The zero-order chi connectivity index (χ0) is 8.74. The normalized spacial score (nSPS) is 12.0. The first kappa shape index (κ1) is 11.6. The fraction of sp³-hybridized carbons (Fsp3) is 1.00. The topological polar surface area (TPSA) is 0 Å². The van der Waals surface area contributed by atoms with Crippen molar-refractivity contribution in [3.63, 3.8) is 0 Å². The van der Waals surface area contributed by atoms with Crippen LogP contribution in [-0.4, -0.2) is 20.1 Å². The lowest BCUT2D eigenvalue weighted by atomic mass is 10.9. The quantitative estimate of drug-likeness (QED) is 0.573. The summed E-state index contributed by atoms with van der Waals surface area (Å²) in [5.41, 5.74) is 0. The number of rotatable bonds is 6. The Balaban J connectivity index is 3.84. The molecule has 11 heavy (non-hydrogen) atoms. The Labute approximate surface area is 77.2 Å². The van der Waals surface area contributed by atoms with E-state index in [2.05, 4.69) is 27.0 Å². The Hall–Kier alpha value is 0.567. The van der Waals surface area contributed by atoms with Gasteiger partial charge in [0.2, 0.25) is 0 Å². The number of hydrogen-bond donors (Lipinski definition) is 0. The molecule has 0 bridgehead atoms. The first-order valence-corrected chi connectivity index (χ1v) is 8.95. The molecular formula is C9H22SSi. The molecule has 0 aromatic rings. The summed E-state index contributed by atoms with van der Waals surface area (Å²) >= 11 is 2.01. The Bertz CT molecular complexity index is 81.3. The number of hydrogen-bond acceptors (Lipinski definition) is 1. The van der Waals surface area contributed by atoms with Crippen molar-refractivity contribution in [2.75, 3.05) is 12.0 Å². The lowest BCUT2D eigenvalue weighted by Gasteiger charge is -2.27. The molecule has 0 aromatic carbocycles. The molecule has 0 N–H and O–H groups in total. The smallest absolute Gasteiger partial charge is 0.0535 e. The molecule has 0 spiro atoms. The summed E-state index contributed by atoms with van der Waals surface area (Å²) < 4.78 is 0. The standard InChI is InChI=1S/C9H22SSi/c1-5-11(6-2,7-3)9-8-10-4/h5-9H2,1-4H3. The third-order valence-corrected chi connectivity index (χ3v) is 9.87. The second-order valence-corrected chi connectivity index (χ2v) is 9.91. The predicted octanol–water partition coefficient (Wildman–Crippen LogP) is 3.86. The van der Waals surface area contributed by atoms with Gasteiger partial charge in [-0.1, -0.05) is 38.9 Å². The Morgan fingerprint density at radius 1 is 1.00 bits per heavy atom. The molecule has 0 rings (SSSR count). The average Bonchev–Trinajstić information content (AvgIpc) is 2.08. The van der Waals surface area contributed by atoms with Crippen LogP contribution in [0.1, 0.15) is 20.8 Å². The summed E-state index contributed by atoms with van der Waals surface area (Å²) in [6.45, 7) is 7.17. The predicted molar refractivity (Wildman–Crippen MR) is 60.4 cm³/mol. The van der Waals surface area contributed by atoms with E-state index in [0.717, 1.165) is 0 Å². The summed E-state index contributed by atoms with van der Waals surface area (Å²) in [7, 11) is -0.759. The van der Waals surface area contributed by atoms with E-state index >= 15 is 0 Å². The summed E-state index contributed by atoms with van der Waals surface area (Å²) in [6.07, 6.45) is 2.22. The van der Waals surface area contributed by atoms with Gasteiger partial charge in [0, 0.05) is 0 Å². The average molecular weight is 190 g/mol. The van der Waals surface area contributed by atoms with Crippen LogP contribution < -0.4 is 0 Å². The van der Waals surface area contributed by atoms with Crippen LogP contribution in [0.2, 0.25) is 24.2 Å². The Kier molecular flexibility index (Phi) is 6.44. The second kappa shape index (κ2) is 6.12. The van der Waals surface area contributed by atoms with Crippen LogP contribution in [0.4, 0.5) is 0 Å². The highest BCUT2D eigenvalue weighted by molar-refractivity contribution is 7.98. The van der Waals surface area contributed by atoms with Crippen LogP contribution in [0.3, 0.4) is 0 Å². The Morgan fingerprint density at radius 2 is 1.45 bits per heavy atom. The molecule has 0 atom stereocenters. The monoisotopic (exact) mass is 190 g/mol. The van der Waals surface area contributed by atoms with E-state index in [1.165, 1.54) is 29.9 Å². The van der Waals surface area contributed by atoms with E-state index in [1.807, 2.05) is 11.8 Å². The Morgan fingerprint density at radius 3 is 1.73 bits per heavy atom. The minimum absolute atomic E-state index is 0.759. The summed E-state index contributed by atoms with van der Waals surface area (Å²) in [5, 5.41) is 0. The summed E-state index contributed by atoms with van der Waals surface area (Å²) in [6, 6.07) is 6.00. The minimum Gasteiger partial charge on any atom is -0.166 e. The van der Waals surface area contributed by atoms with Crippen molar-refractivity contribution in [1.82, 2.24) is 0 Å². The highest BCUT2D eigenvalue weighted by Gasteiger charge is 2.25. The third kappa shape index (κ3) is 3.65. The van der Waals surface area contributed by atoms with Gasteiger partial charge in [-0.3, -0.25) is 0 Å². The highest BCUT2D eigenvalue weighted by atomic mass is 32.2. The molecule has 0 saturated carbocycles. The van der Waals surface area contributed by atoms with Crippen LogP contribution in [0.5, 0.6) is 0 Å². The molecule has 0 unspecified atom stereocenters. The largest absolute Gasteiger partial charge is 0.166 e. The molecule has 0 aliphatic carbocycles. The molecule has 0 saturated heterocycles. The highest BCUT2D eigenvalue weighted by Crippen LogP contribution is 2.26. The fourth-order valence-electron chi connectivity index (χ4n) is 1.60. The summed E-state index contributed by atoms with van der Waals surface area (Å²) in [5.74, 6) is 1.39. The van der Waals surface area contributed by atoms with Crippen molar-refractivity contribution in [2.24, 2.45) is 0 Å². The van der Waals surface area contributed by atoms with Crippen LogP contribution in [0, 0.1) is 0 Å². The van der Waals surface area contributed by atoms with Gasteiger partial charge >= 0.3 is 0 Å². The molecule has 0 nitrogen and oxygen atoms in total. The zero-order valence-electron chi connectivity index (χ0n) is 8.44. The van der Waals surface area contributed by atoms with Gasteiger partial charge in [-0.05, 0) is 18.1 Å². The van der Waals surface area contributed by atoms with Gasteiger partial charge in [-0.15, -0.1) is 0 Å². The lowest BCUT2D eigenvalue weighted by molar-refractivity contribution is 1.12. The molecule has 2 heteroatoms. The fourth-order valence-corrected chi connectivity index (χ4v) is 6.71. The van der Waals surface area contributed by atoms with Gasteiger partial charge in [-0.2, -0.15) is 11.8 Å². The van der Waals surface area contributed by atoms with Crippen LogP contribution >= 0.6 is 11.8 Å². The van der Waals surface area contributed by atoms with Crippen molar-refractivity contribution in [2.45, 2.75) is 44.9 Å². The molecule has 0 aliphatic rings. The second-order valence-electron chi connectivity index (χ2n) is 3.30. The SMILES string of the molecule is CC[Si](CC)(CC)CCSC. The van der Waals surface area contributed by atoms with Crippen molar-refractivity contribution in [3.8, 4) is 0 Å². The molecule has 0 radical (unpaired) electrons. The van der Waals surface area contributed by atoms with Gasteiger partial charge in [-0.25, -0.2) is 0 Å². The van der Waals surface area contributed by atoms with Crippen molar-refractivity contribution >= 4 is 19.8 Å². The van der Waals surface area contributed by atoms with Gasteiger partial charge in [0.1, 0.15) is 0 Å². The van der Waals surface area contributed by atoms with E-state index in [0.29, 0.717) is 0 Å². The zero-order valence-corrected chi connectivity index (χ0v) is 10.3. The van der Waals surface area contributed by atoms with E-state index in [4.69, 9.17) is 0 Å².